The zero-order valence-electron chi connectivity index (χ0n) is 16.8. The lowest BCUT2D eigenvalue weighted by Crippen LogP contribution is -2.21. The predicted octanol–water partition coefficient (Wildman–Crippen LogP) is 4.65. The monoisotopic (exact) mass is 432 g/mol. The molecule has 0 aliphatic carbocycles. The van der Waals surface area contributed by atoms with Crippen molar-refractivity contribution in [3.8, 4) is 11.8 Å². The number of esters is 1. The van der Waals surface area contributed by atoms with Crippen molar-refractivity contribution >= 4 is 29.3 Å². The fourth-order valence-corrected chi connectivity index (χ4v) is 3.74. The quantitative estimate of drug-likeness (QED) is 0.412. The van der Waals surface area contributed by atoms with E-state index >= 15 is 0 Å². The van der Waals surface area contributed by atoms with Gasteiger partial charge in [-0.15, -0.1) is 11.8 Å². The minimum absolute atomic E-state index is 0.395. The maximum Gasteiger partial charge on any atom is 0.339 e. The number of ether oxygens (including phenoxy) is 2. The van der Waals surface area contributed by atoms with Gasteiger partial charge in [-0.2, -0.15) is 5.26 Å². The van der Waals surface area contributed by atoms with Crippen LogP contribution < -0.4 is 10.1 Å². The Morgan fingerprint density at radius 2 is 1.71 bits per heavy atom. The molecule has 0 saturated heterocycles. The Bertz CT molecular complexity index is 1110. The molecule has 7 heteroatoms. The number of carbonyl (C=O) groups excluding carboxylic acids is 2. The van der Waals surface area contributed by atoms with Crippen molar-refractivity contribution in [2.75, 3.05) is 19.0 Å². The Morgan fingerprint density at radius 3 is 2.45 bits per heavy atom. The van der Waals surface area contributed by atoms with Crippen LogP contribution in [0.25, 0.3) is 0 Å². The molecule has 0 bridgehead atoms. The summed E-state index contributed by atoms with van der Waals surface area (Å²) in [5.74, 6) is 0.120. The molecule has 3 rings (SSSR count). The molecule has 0 saturated carbocycles. The summed E-state index contributed by atoms with van der Waals surface area (Å²) < 4.78 is 10.4. The molecule has 0 spiro atoms. The molecule has 0 radical (unpaired) electrons. The Labute approximate surface area is 184 Å². The summed E-state index contributed by atoms with van der Waals surface area (Å²) in [4.78, 5) is 25.5. The Morgan fingerprint density at radius 1 is 1.00 bits per heavy atom. The van der Waals surface area contributed by atoms with Gasteiger partial charge in [-0.05, 0) is 42.0 Å². The van der Waals surface area contributed by atoms with Gasteiger partial charge in [-0.1, -0.05) is 36.4 Å². The molecule has 1 N–H and O–H groups in total. The minimum atomic E-state index is -0.571. The minimum Gasteiger partial charge on any atom is -0.495 e. The van der Waals surface area contributed by atoms with Crippen LogP contribution in [0.3, 0.4) is 0 Å². The summed E-state index contributed by atoms with van der Waals surface area (Å²) in [6, 6.07) is 23.5. The normalized spacial score (nSPS) is 10.1. The highest BCUT2D eigenvalue weighted by Crippen LogP contribution is 2.27. The number of amides is 1. The van der Waals surface area contributed by atoms with Crippen LogP contribution in [0.4, 0.5) is 5.69 Å². The molecule has 0 atom stereocenters. The van der Waals surface area contributed by atoms with Crippen LogP contribution in [0, 0.1) is 11.3 Å². The Balaban J connectivity index is 1.59. The molecule has 156 valence electrons. The van der Waals surface area contributed by atoms with E-state index in [4.69, 9.17) is 14.7 Å². The van der Waals surface area contributed by atoms with Gasteiger partial charge in [-0.25, -0.2) is 4.79 Å². The van der Waals surface area contributed by atoms with E-state index in [1.807, 2.05) is 24.3 Å². The van der Waals surface area contributed by atoms with Crippen molar-refractivity contribution in [3.05, 3.63) is 89.5 Å². The van der Waals surface area contributed by atoms with Crippen molar-refractivity contribution in [2.24, 2.45) is 0 Å². The van der Waals surface area contributed by atoms with Gasteiger partial charge < -0.3 is 14.8 Å². The topological polar surface area (TPSA) is 88.4 Å². The first-order valence-electron chi connectivity index (χ1n) is 9.41. The summed E-state index contributed by atoms with van der Waals surface area (Å²) in [7, 11) is 1.51. The molecule has 0 aliphatic heterocycles. The first-order chi connectivity index (χ1) is 15.1. The number of para-hydroxylation sites is 2. The zero-order valence-corrected chi connectivity index (χ0v) is 17.6. The fraction of sp³-hybridized carbons (Fsp3) is 0.125. The highest BCUT2D eigenvalue weighted by Gasteiger charge is 2.15. The molecule has 3 aromatic rings. The van der Waals surface area contributed by atoms with Crippen molar-refractivity contribution in [1.82, 2.24) is 0 Å². The van der Waals surface area contributed by atoms with Gasteiger partial charge in [-0.3, -0.25) is 4.79 Å². The smallest absolute Gasteiger partial charge is 0.339 e. The number of rotatable bonds is 8. The fourth-order valence-electron chi connectivity index (χ4n) is 2.74. The number of carbonyl (C=O) groups is 2. The molecule has 0 aromatic heterocycles. The van der Waals surface area contributed by atoms with Gasteiger partial charge in [0.25, 0.3) is 5.91 Å². The Kier molecular flexibility index (Phi) is 7.68. The van der Waals surface area contributed by atoms with E-state index in [0.29, 0.717) is 28.3 Å². The molecule has 0 aliphatic rings. The second kappa shape index (κ2) is 10.9. The van der Waals surface area contributed by atoms with Crippen LogP contribution in [0.2, 0.25) is 0 Å². The molecule has 0 fully saturated rings. The number of nitrogens with zero attached hydrogens (tertiary/aromatic N) is 1. The zero-order chi connectivity index (χ0) is 22.1. The third kappa shape index (κ3) is 6.11. The Hall–Kier alpha value is -3.76. The van der Waals surface area contributed by atoms with Gasteiger partial charge in [0.05, 0.1) is 30.0 Å². The maximum absolute atomic E-state index is 12.6. The molecule has 3 aromatic carbocycles. The number of hydrogen-bond acceptors (Lipinski definition) is 6. The van der Waals surface area contributed by atoms with Gasteiger partial charge >= 0.3 is 5.97 Å². The molecule has 0 heterocycles. The van der Waals surface area contributed by atoms with E-state index in [-0.39, 0.29) is 0 Å². The number of methoxy groups -OCH3 is 1. The van der Waals surface area contributed by atoms with Crippen LogP contribution >= 0.6 is 11.8 Å². The van der Waals surface area contributed by atoms with E-state index < -0.39 is 18.5 Å². The van der Waals surface area contributed by atoms with Crippen molar-refractivity contribution < 1.29 is 19.1 Å². The summed E-state index contributed by atoms with van der Waals surface area (Å²) in [5.41, 5.74) is 2.53. The van der Waals surface area contributed by atoms with Gasteiger partial charge in [0.15, 0.2) is 6.61 Å². The summed E-state index contributed by atoms with van der Waals surface area (Å²) in [5, 5.41) is 11.6. The van der Waals surface area contributed by atoms with Gasteiger partial charge in [0.2, 0.25) is 0 Å². The number of nitriles is 1. The predicted molar refractivity (Wildman–Crippen MR) is 119 cm³/mol. The van der Waals surface area contributed by atoms with E-state index in [1.165, 1.54) is 18.9 Å². The van der Waals surface area contributed by atoms with Crippen LogP contribution in [0.1, 0.15) is 21.5 Å². The largest absolute Gasteiger partial charge is 0.495 e. The van der Waals surface area contributed by atoms with Crippen LogP contribution in [0.5, 0.6) is 5.75 Å². The van der Waals surface area contributed by atoms with E-state index in [2.05, 4.69) is 11.4 Å². The van der Waals surface area contributed by atoms with Gasteiger partial charge in [0.1, 0.15) is 5.75 Å². The third-order valence-electron chi connectivity index (χ3n) is 4.30. The molecule has 1 amide bonds. The molecular weight excluding hydrogens is 412 g/mol. The van der Waals surface area contributed by atoms with Crippen LogP contribution in [-0.4, -0.2) is 25.6 Å². The first kappa shape index (κ1) is 21.9. The molecular formula is C24H20N2O4S. The number of thioether (sulfide) groups is 1. The lowest BCUT2D eigenvalue weighted by Gasteiger charge is -2.11. The molecule has 31 heavy (non-hydrogen) atoms. The lowest BCUT2D eigenvalue weighted by molar-refractivity contribution is -0.119. The molecule has 0 unspecified atom stereocenters. The maximum atomic E-state index is 12.6. The van der Waals surface area contributed by atoms with Crippen molar-refractivity contribution in [2.45, 2.75) is 10.6 Å². The summed E-state index contributed by atoms with van der Waals surface area (Å²) in [6.07, 6.45) is 0. The lowest BCUT2D eigenvalue weighted by atomic mass is 10.2. The standard InChI is InChI=1S/C24H20N2O4S/c1-29-21-8-4-3-7-20(21)26-23(27)15-30-24(28)19-6-2-5-9-22(19)31-16-18-12-10-17(14-25)11-13-18/h2-13H,15-16H2,1H3,(H,26,27). The second-order valence-corrected chi connectivity index (χ2v) is 7.44. The average Bonchev–Trinajstić information content (AvgIpc) is 2.82. The highest BCUT2D eigenvalue weighted by molar-refractivity contribution is 7.98. The average molecular weight is 433 g/mol. The first-order valence-corrected chi connectivity index (χ1v) is 10.4. The van der Waals surface area contributed by atoms with Crippen molar-refractivity contribution in [1.29, 1.82) is 5.26 Å². The second-order valence-electron chi connectivity index (χ2n) is 6.42. The van der Waals surface area contributed by atoms with Gasteiger partial charge in [0, 0.05) is 10.6 Å². The number of nitrogens with one attached hydrogen (secondary N) is 1. The van der Waals surface area contributed by atoms with E-state index in [9.17, 15) is 9.59 Å². The van der Waals surface area contributed by atoms with Crippen molar-refractivity contribution in [3.63, 3.8) is 0 Å². The van der Waals surface area contributed by atoms with Crippen LogP contribution in [0.15, 0.2) is 77.7 Å². The SMILES string of the molecule is COc1ccccc1NC(=O)COC(=O)c1ccccc1SCc1ccc(C#N)cc1. The molecule has 6 nitrogen and oxygen atoms in total. The van der Waals surface area contributed by atoms with Crippen LogP contribution in [-0.2, 0) is 15.3 Å². The number of anilines is 1. The number of hydrogen-bond donors (Lipinski definition) is 1. The van der Waals surface area contributed by atoms with E-state index in [0.717, 1.165) is 10.5 Å². The number of benzene rings is 3. The third-order valence-corrected chi connectivity index (χ3v) is 5.44. The summed E-state index contributed by atoms with van der Waals surface area (Å²) in [6.45, 7) is -0.411. The summed E-state index contributed by atoms with van der Waals surface area (Å²) >= 11 is 1.48. The van der Waals surface area contributed by atoms with E-state index in [1.54, 1.807) is 48.5 Å². The highest BCUT2D eigenvalue weighted by atomic mass is 32.2.